The van der Waals surface area contributed by atoms with Gasteiger partial charge in [0.25, 0.3) is 0 Å². The number of benzene rings is 1. The normalized spacial score (nSPS) is 18.4. The molecule has 0 bridgehead atoms. The first kappa shape index (κ1) is 14.4. The lowest BCUT2D eigenvalue weighted by Crippen LogP contribution is -2.51. The van der Waals surface area contributed by atoms with Gasteiger partial charge < -0.3 is 15.6 Å². The van der Waals surface area contributed by atoms with Gasteiger partial charge in [0.1, 0.15) is 12.4 Å². The molecule has 1 aromatic carbocycles. The van der Waals surface area contributed by atoms with Crippen LogP contribution in [0.2, 0.25) is 0 Å². The lowest BCUT2D eigenvalue weighted by molar-refractivity contribution is 0.117. The Balaban J connectivity index is 2.01. The van der Waals surface area contributed by atoms with E-state index in [-0.39, 0.29) is 6.61 Å². The highest BCUT2D eigenvalue weighted by Gasteiger charge is 2.42. The minimum atomic E-state index is -0.579. The van der Waals surface area contributed by atoms with Crippen molar-refractivity contribution in [1.29, 1.82) is 0 Å². The summed E-state index contributed by atoms with van der Waals surface area (Å²) in [7, 11) is 0. The molecule has 1 unspecified atom stereocenters. The Bertz CT molecular complexity index is 440. The van der Waals surface area contributed by atoms with Gasteiger partial charge in [-0.2, -0.15) is 0 Å². The predicted molar refractivity (Wildman–Crippen MR) is 77.5 cm³/mol. The third kappa shape index (κ3) is 3.28. The number of aliphatic hydroxyl groups is 1. The van der Waals surface area contributed by atoms with Crippen molar-refractivity contribution >= 4 is 0 Å². The van der Waals surface area contributed by atoms with Gasteiger partial charge in [-0.1, -0.05) is 19.9 Å². The largest absolute Gasteiger partial charge is 0.492 e. The molecule has 1 saturated carbocycles. The van der Waals surface area contributed by atoms with Gasteiger partial charge in [-0.25, -0.2) is 0 Å². The lowest BCUT2D eigenvalue weighted by atomic mass is 9.96. The lowest BCUT2D eigenvalue weighted by Gasteiger charge is -2.27. The van der Waals surface area contributed by atoms with Crippen molar-refractivity contribution in [2.24, 2.45) is 11.7 Å². The van der Waals surface area contributed by atoms with Gasteiger partial charge in [0.05, 0.1) is 12.1 Å². The minimum Gasteiger partial charge on any atom is -0.492 e. The molecule has 19 heavy (non-hydrogen) atoms. The monoisotopic (exact) mass is 263 g/mol. The van der Waals surface area contributed by atoms with E-state index in [0.717, 1.165) is 18.6 Å². The Morgan fingerprint density at radius 1 is 1.42 bits per heavy atom. The van der Waals surface area contributed by atoms with Crippen LogP contribution in [0.4, 0.5) is 0 Å². The number of aryl methyl sites for hydroxylation is 1. The molecule has 1 fully saturated rings. The van der Waals surface area contributed by atoms with Crippen LogP contribution < -0.4 is 10.5 Å². The van der Waals surface area contributed by atoms with E-state index in [1.54, 1.807) is 0 Å². The Labute approximate surface area is 115 Å². The van der Waals surface area contributed by atoms with Crippen LogP contribution >= 0.6 is 0 Å². The minimum absolute atomic E-state index is 0.0132. The molecular weight excluding hydrogens is 238 g/mol. The van der Waals surface area contributed by atoms with Gasteiger partial charge in [0.2, 0.25) is 0 Å². The second-order valence-corrected chi connectivity index (χ2v) is 6.13. The van der Waals surface area contributed by atoms with Crippen molar-refractivity contribution in [2.75, 3.05) is 13.2 Å². The summed E-state index contributed by atoms with van der Waals surface area (Å²) in [4.78, 5) is 0. The summed E-state index contributed by atoms with van der Waals surface area (Å²) in [6.45, 7) is 6.85. The molecule has 0 amide bonds. The molecule has 3 nitrogen and oxygen atoms in total. The van der Waals surface area contributed by atoms with Gasteiger partial charge in [-0.15, -0.1) is 0 Å². The van der Waals surface area contributed by atoms with Crippen molar-refractivity contribution in [3.05, 3.63) is 29.3 Å². The molecule has 1 aliphatic rings. The second-order valence-electron chi connectivity index (χ2n) is 6.13. The van der Waals surface area contributed by atoms with Gasteiger partial charge in [0, 0.05) is 0 Å². The third-order valence-corrected chi connectivity index (χ3v) is 4.06. The zero-order valence-electron chi connectivity index (χ0n) is 12.1. The predicted octanol–water partition coefficient (Wildman–Crippen LogP) is 2.60. The van der Waals surface area contributed by atoms with Crippen molar-refractivity contribution in [3.8, 4) is 5.75 Å². The highest BCUT2D eigenvalue weighted by atomic mass is 16.5. The standard InChI is InChI=1S/C16H25NO2/c1-11(2)15-7-6-14(8-12(15)3)19-10-16(17,9-18)13-4-5-13/h6-8,11,13,18H,4-5,9-10,17H2,1-3H3. The Morgan fingerprint density at radius 2 is 2.11 bits per heavy atom. The molecule has 0 saturated heterocycles. The molecule has 1 aromatic rings. The van der Waals surface area contributed by atoms with E-state index in [0.29, 0.717) is 18.4 Å². The first-order chi connectivity index (χ1) is 8.96. The molecule has 1 atom stereocenters. The summed E-state index contributed by atoms with van der Waals surface area (Å²) < 4.78 is 5.79. The second kappa shape index (κ2) is 5.51. The maximum atomic E-state index is 9.44. The van der Waals surface area contributed by atoms with Crippen LogP contribution in [-0.2, 0) is 0 Å². The quantitative estimate of drug-likeness (QED) is 0.829. The van der Waals surface area contributed by atoms with Gasteiger partial charge >= 0.3 is 0 Å². The molecule has 0 radical (unpaired) electrons. The topological polar surface area (TPSA) is 55.5 Å². The van der Waals surface area contributed by atoms with Crippen LogP contribution in [0.25, 0.3) is 0 Å². The van der Waals surface area contributed by atoms with E-state index in [1.165, 1.54) is 11.1 Å². The number of rotatable bonds is 6. The number of ether oxygens (including phenoxy) is 1. The smallest absolute Gasteiger partial charge is 0.119 e. The third-order valence-electron chi connectivity index (χ3n) is 4.06. The van der Waals surface area contributed by atoms with Crippen LogP contribution in [0, 0.1) is 12.8 Å². The van der Waals surface area contributed by atoms with Crippen molar-refractivity contribution in [1.82, 2.24) is 0 Å². The van der Waals surface area contributed by atoms with Crippen molar-refractivity contribution in [2.45, 2.75) is 45.1 Å². The maximum absolute atomic E-state index is 9.44. The summed E-state index contributed by atoms with van der Waals surface area (Å²) >= 11 is 0. The average molecular weight is 263 g/mol. The van der Waals surface area contributed by atoms with E-state index in [9.17, 15) is 5.11 Å². The average Bonchev–Trinajstić information content (AvgIpc) is 3.20. The maximum Gasteiger partial charge on any atom is 0.119 e. The van der Waals surface area contributed by atoms with Gasteiger partial charge in [-0.05, 0) is 54.9 Å². The Morgan fingerprint density at radius 3 is 2.58 bits per heavy atom. The summed E-state index contributed by atoms with van der Waals surface area (Å²) in [5, 5.41) is 9.44. The molecule has 1 aliphatic carbocycles. The first-order valence-electron chi connectivity index (χ1n) is 7.09. The van der Waals surface area contributed by atoms with E-state index < -0.39 is 5.54 Å². The summed E-state index contributed by atoms with van der Waals surface area (Å²) in [5.41, 5.74) is 8.20. The first-order valence-corrected chi connectivity index (χ1v) is 7.09. The van der Waals surface area contributed by atoms with Crippen molar-refractivity contribution in [3.63, 3.8) is 0 Å². The van der Waals surface area contributed by atoms with Gasteiger partial charge in [-0.3, -0.25) is 0 Å². The summed E-state index contributed by atoms with van der Waals surface area (Å²) in [6.07, 6.45) is 2.21. The highest BCUT2D eigenvalue weighted by molar-refractivity contribution is 5.36. The summed E-state index contributed by atoms with van der Waals surface area (Å²) in [5.74, 6) is 1.77. The molecule has 0 aliphatic heterocycles. The van der Waals surface area contributed by atoms with Crippen LogP contribution in [0.3, 0.4) is 0 Å². The highest BCUT2D eigenvalue weighted by Crippen LogP contribution is 2.38. The Kier molecular flexibility index (Phi) is 4.16. The molecule has 2 rings (SSSR count). The molecule has 3 N–H and O–H groups in total. The number of hydrogen-bond donors (Lipinski definition) is 2. The Hall–Kier alpha value is -1.06. The number of aliphatic hydroxyl groups excluding tert-OH is 1. The zero-order valence-corrected chi connectivity index (χ0v) is 12.1. The fraction of sp³-hybridized carbons (Fsp3) is 0.625. The molecule has 106 valence electrons. The molecular formula is C16H25NO2. The van der Waals surface area contributed by atoms with E-state index in [4.69, 9.17) is 10.5 Å². The van der Waals surface area contributed by atoms with E-state index in [2.05, 4.69) is 32.9 Å². The van der Waals surface area contributed by atoms with Crippen LogP contribution in [0.5, 0.6) is 5.75 Å². The van der Waals surface area contributed by atoms with Crippen molar-refractivity contribution < 1.29 is 9.84 Å². The molecule has 3 heteroatoms. The molecule has 0 aromatic heterocycles. The zero-order chi connectivity index (χ0) is 14.0. The van der Waals surface area contributed by atoms with Crippen LogP contribution in [-0.4, -0.2) is 23.9 Å². The van der Waals surface area contributed by atoms with E-state index in [1.807, 2.05) is 6.07 Å². The molecule has 0 heterocycles. The van der Waals surface area contributed by atoms with E-state index >= 15 is 0 Å². The summed E-state index contributed by atoms with van der Waals surface area (Å²) in [6, 6.07) is 6.16. The molecule has 0 spiro atoms. The number of nitrogens with two attached hydrogens (primary N) is 1. The number of hydrogen-bond acceptors (Lipinski definition) is 3. The fourth-order valence-corrected chi connectivity index (χ4v) is 2.55. The van der Waals surface area contributed by atoms with Crippen LogP contribution in [0.1, 0.15) is 43.7 Å². The fourth-order valence-electron chi connectivity index (χ4n) is 2.55. The van der Waals surface area contributed by atoms with Crippen LogP contribution in [0.15, 0.2) is 18.2 Å². The SMILES string of the molecule is Cc1cc(OCC(N)(CO)C2CC2)ccc1C(C)C. The van der Waals surface area contributed by atoms with Gasteiger partial charge in [0.15, 0.2) is 0 Å².